The molecule has 10 heteroatoms. The van der Waals surface area contributed by atoms with Gasteiger partial charge >= 0.3 is 0 Å². The van der Waals surface area contributed by atoms with Crippen molar-refractivity contribution in [2.45, 2.75) is 147 Å². The third-order valence-electron chi connectivity index (χ3n) is 12.3. The first kappa shape index (κ1) is 44.4. The summed E-state index contributed by atoms with van der Waals surface area (Å²) < 4.78 is 47.0. The number of carbonyl (C=O) groups is 1. The Hall–Kier alpha value is -2.68. The average molecular weight is 805 g/mol. The zero-order valence-corrected chi connectivity index (χ0v) is 37.8. The second-order valence-corrected chi connectivity index (χ2v) is 27.6. The molecule has 0 aromatic heterocycles. The van der Waals surface area contributed by atoms with Crippen LogP contribution in [0.5, 0.6) is 5.75 Å². The molecule has 0 radical (unpaired) electrons. The van der Waals surface area contributed by atoms with Crippen molar-refractivity contribution in [2.24, 2.45) is 5.92 Å². The van der Waals surface area contributed by atoms with Crippen molar-refractivity contribution in [3.8, 4) is 5.75 Å². The van der Waals surface area contributed by atoms with Gasteiger partial charge in [0.1, 0.15) is 12.0 Å². The summed E-state index contributed by atoms with van der Waals surface area (Å²) >= 11 is 0. The molecule has 56 heavy (non-hydrogen) atoms. The molecule has 0 aliphatic carbocycles. The van der Waals surface area contributed by atoms with Crippen molar-refractivity contribution in [3.63, 3.8) is 0 Å². The predicted molar refractivity (Wildman–Crippen MR) is 229 cm³/mol. The lowest BCUT2D eigenvalue weighted by Gasteiger charge is -2.52. The summed E-state index contributed by atoms with van der Waals surface area (Å²) in [7, 11) is -1.60. The Morgan fingerprint density at radius 3 is 1.86 bits per heavy atom. The van der Waals surface area contributed by atoms with Gasteiger partial charge in [0.05, 0.1) is 50.8 Å². The van der Waals surface area contributed by atoms with Crippen molar-refractivity contribution < 1.29 is 37.3 Å². The van der Waals surface area contributed by atoms with Gasteiger partial charge in [0.25, 0.3) is 8.32 Å². The van der Waals surface area contributed by atoms with Crippen LogP contribution in [0.25, 0.3) is 0 Å². The summed E-state index contributed by atoms with van der Waals surface area (Å²) in [6.07, 6.45) is 2.94. The minimum Gasteiger partial charge on any atom is -0.497 e. The quantitative estimate of drug-likeness (QED) is 0.105. The first-order chi connectivity index (χ1) is 26.4. The number of ether oxygens (including phenoxy) is 5. The van der Waals surface area contributed by atoms with E-state index in [1.807, 2.05) is 31.2 Å². The van der Waals surface area contributed by atoms with Crippen LogP contribution in [0, 0.1) is 5.92 Å². The Bertz CT molecular complexity index is 1620. The fraction of sp³-hybridized carbons (Fsp3) is 0.587. The molecule has 2 aliphatic rings. The Kier molecular flexibility index (Phi) is 14.7. The molecule has 8 nitrogen and oxygen atoms in total. The van der Waals surface area contributed by atoms with Gasteiger partial charge in [-0.25, -0.2) is 0 Å². The van der Waals surface area contributed by atoms with Crippen LogP contribution in [-0.2, 0) is 39.2 Å². The number of aldehydes is 1. The van der Waals surface area contributed by atoms with E-state index in [0.29, 0.717) is 45.3 Å². The van der Waals surface area contributed by atoms with Gasteiger partial charge in [-0.2, -0.15) is 0 Å². The highest BCUT2D eigenvalue weighted by Crippen LogP contribution is 2.46. The Balaban J connectivity index is 1.46. The lowest BCUT2D eigenvalue weighted by Crippen LogP contribution is -2.67. The molecule has 0 amide bonds. The molecule has 2 aliphatic heterocycles. The number of benzene rings is 3. The molecular weight excluding hydrogens is 737 g/mol. The van der Waals surface area contributed by atoms with Gasteiger partial charge in [-0.3, -0.25) is 0 Å². The molecule has 0 saturated carbocycles. The number of carbonyl (C=O) groups excluding carboxylic acids is 1. The van der Waals surface area contributed by atoms with Crippen LogP contribution in [0.3, 0.4) is 0 Å². The second kappa shape index (κ2) is 18.5. The Morgan fingerprint density at radius 2 is 1.34 bits per heavy atom. The number of methoxy groups -OCH3 is 2. The summed E-state index contributed by atoms with van der Waals surface area (Å²) in [4.78, 5) is 12.2. The number of hydrogen-bond acceptors (Lipinski definition) is 8. The van der Waals surface area contributed by atoms with Gasteiger partial charge in [-0.05, 0) is 51.2 Å². The predicted octanol–water partition coefficient (Wildman–Crippen LogP) is 8.84. The monoisotopic (exact) mass is 804 g/mol. The van der Waals surface area contributed by atoms with Crippen LogP contribution in [0.1, 0.15) is 86.1 Å². The molecule has 1 spiro atoms. The van der Waals surface area contributed by atoms with Crippen LogP contribution in [0.15, 0.2) is 84.9 Å². The van der Waals surface area contributed by atoms with E-state index >= 15 is 0 Å². The summed E-state index contributed by atoms with van der Waals surface area (Å²) in [5.74, 6) is -0.499. The summed E-state index contributed by atoms with van der Waals surface area (Å²) in [6, 6.07) is 29.3. The highest BCUT2D eigenvalue weighted by Gasteiger charge is 2.54. The van der Waals surface area contributed by atoms with Crippen LogP contribution in [-0.4, -0.2) is 80.1 Å². The van der Waals surface area contributed by atoms with E-state index in [0.717, 1.165) is 17.6 Å². The molecule has 2 heterocycles. The summed E-state index contributed by atoms with van der Waals surface area (Å²) in [6.45, 7) is 21.1. The fourth-order valence-electron chi connectivity index (χ4n) is 8.25. The van der Waals surface area contributed by atoms with E-state index in [4.69, 9.17) is 32.5 Å². The van der Waals surface area contributed by atoms with E-state index in [-0.39, 0.29) is 46.5 Å². The Labute approximate surface area is 339 Å². The molecular formula is C46H68O8Si2. The topological polar surface area (TPSA) is 81.7 Å². The number of hydrogen-bond donors (Lipinski definition) is 0. The minimum absolute atomic E-state index is 0.0316. The summed E-state index contributed by atoms with van der Waals surface area (Å²) in [5, 5.41) is 2.32. The smallest absolute Gasteiger partial charge is 0.261 e. The lowest BCUT2D eigenvalue weighted by atomic mass is 9.87. The fourth-order valence-corrected chi connectivity index (χ4v) is 14.2. The van der Waals surface area contributed by atoms with Crippen LogP contribution in [0.2, 0.25) is 23.2 Å². The lowest BCUT2D eigenvalue weighted by molar-refractivity contribution is -0.343. The third-order valence-corrected chi connectivity index (χ3v) is 21.9. The molecule has 3 aromatic carbocycles. The van der Waals surface area contributed by atoms with E-state index in [1.54, 1.807) is 14.2 Å². The normalized spacial score (nSPS) is 24.8. The molecule has 7 atom stereocenters. The average Bonchev–Trinajstić information content (AvgIpc) is 3.16. The van der Waals surface area contributed by atoms with Gasteiger partial charge in [-0.15, -0.1) is 0 Å². The molecule has 3 aromatic rings. The minimum atomic E-state index is -2.84. The molecule has 0 bridgehead atoms. The van der Waals surface area contributed by atoms with Gasteiger partial charge in [0.2, 0.25) is 0 Å². The van der Waals surface area contributed by atoms with Crippen molar-refractivity contribution in [1.29, 1.82) is 0 Å². The van der Waals surface area contributed by atoms with E-state index < -0.39 is 22.4 Å². The van der Waals surface area contributed by atoms with Crippen molar-refractivity contribution in [1.82, 2.24) is 0 Å². The van der Waals surface area contributed by atoms with Gasteiger partial charge in [0, 0.05) is 45.1 Å². The maximum absolute atomic E-state index is 12.2. The highest BCUT2D eigenvalue weighted by molar-refractivity contribution is 6.99. The first-order valence-corrected chi connectivity index (χ1v) is 25.3. The van der Waals surface area contributed by atoms with E-state index in [9.17, 15) is 4.79 Å². The standard InChI is InChI=1S/C46H68O8Si2/c1-34(31-47)43(50-32-35-22-24-36(48-8)25-23-35)28-37-26-38(49-9)29-46(52-37)30-39(54-55(10,11)44(2,3)4)27-40(53-46)33-51-56(45(5,6)7,41-18-14-12-15-19-41)42-20-16-13-17-21-42/h12-25,31,34,37-40,43H,26-30,32-33H2,1-11H3/t34-,37-,38-,39-,40+,43+,46+/m0/s1. The largest absolute Gasteiger partial charge is 0.497 e. The van der Waals surface area contributed by atoms with E-state index in [2.05, 4.69) is 115 Å². The third kappa shape index (κ3) is 10.5. The van der Waals surface area contributed by atoms with Gasteiger partial charge in [0.15, 0.2) is 14.1 Å². The highest BCUT2D eigenvalue weighted by atomic mass is 28.4. The molecule has 0 unspecified atom stereocenters. The van der Waals surface area contributed by atoms with Crippen LogP contribution < -0.4 is 15.1 Å². The summed E-state index contributed by atoms with van der Waals surface area (Å²) in [5.41, 5.74) is 1.01. The number of rotatable bonds is 16. The molecule has 2 saturated heterocycles. The van der Waals surface area contributed by atoms with Crippen molar-refractivity contribution in [3.05, 3.63) is 90.5 Å². The van der Waals surface area contributed by atoms with Gasteiger partial charge < -0.3 is 37.3 Å². The zero-order chi connectivity index (χ0) is 40.8. The van der Waals surface area contributed by atoms with E-state index in [1.165, 1.54) is 10.4 Å². The maximum Gasteiger partial charge on any atom is 0.261 e. The molecule has 0 N–H and O–H groups in total. The SMILES string of the molecule is COc1ccc(CO[C@H](C[C@@H]2C[C@H](OC)C[C@@]3(C[C@@H](O[Si](C)(C)C(C)(C)C)C[C@H](CO[Si](c4ccccc4)(c4ccccc4)C(C)(C)C)O3)O2)[C@@H](C)C=O)cc1. The second-order valence-electron chi connectivity index (χ2n) is 18.5. The van der Waals surface area contributed by atoms with Crippen molar-refractivity contribution in [2.75, 3.05) is 20.8 Å². The maximum atomic E-state index is 12.2. The first-order valence-electron chi connectivity index (χ1n) is 20.5. The van der Waals surface area contributed by atoms with Crippen molar-refractivity contribution >= 4 is 33.3 Å². The van der Waals surface area contributed by atoms with Crippen LogP contribution >= 0.6 is 0 Å². The Morgan fingerprint density at radius 1 is 0.786 bits per heavy atom. The van der Waals surface area contributed by atoms with Crippen LogP contribution in [0.4, 0.5) is 0 Å². The molecule has 308 valence electrons. The molecule has 5 rings (SSSR count). The van der Waals surface area contributed by atoms with Gasteiger partial charge in [-0.1, -0.05) is 121 Å². The zero-order valence-electron chi connectivity index (χ0n) is 35.8. The molecule has 2 fully saturated rings.